The van der Waals surface area contributed by atoms with Crippen LogP contribution in [-0.2, 0) is 10.0 Å². The average molecular weight is 476 g/mol. The minimum Gasteiger partial charge on any atom is -0.369 e. The number of hydrogen-bond acceptors (Lipinski definition) is 7. The third kappa shape index (κ3) is 4.64. The summed E-state index contributed by atoms with van der Waals surface area (Å²) in [5, 5.41) is 10.9. The largest absolute Gasteiger partial charge is 0.369 e. The summed E-state index contributed by atoms with van der Waals surface area (Å²) in [7, 11) is -4.16. The monoisotopic (exact) mass is 475 g/mol. The molecule has 2 heterocycles. The van der Waals surface area contributed by atoms with E-state index in [0.29, 0.717) is 35.9 Å². The van der Waals surface area contributed by atoms with Gasteiger partial charge in [-0.1, -0.05) is 11.6 Å². The van der Waals surface area contributed by atoms with Crippen LogP contribution in [-0.4, -0.2) is 41.7 Å². The smallest absolute Gasteiger partial charge is 0.264 e. The van der Waals surface area contributed by atoms with E-state index in [1.54, 1.807) is 18.3 Å². The van der Waals surface area contributed by atoms with Crippen LogP contribution in [0.25, 0.3) is 22.4 Å². The Labute approximate surface area is 188 Å². The van der Waals surface area contributed by atoms with Crippen LogP contribution >= 0.6 is 11.6 Å². The molecule has 0 saturated heterocycles. The molecule has 0 amide bonds. The molecule has 0 aliphatic heterocycles. The molecule has 166 valence electrons. The topological polar surface area (TPSA) is 139 Å². The maximum absolute atomic E-state index is 14.0. The summed E-state index contributed by atoms with van der Waals surface area (Å²) in [4.78, 5) is 8.50. The van der Waals surface area contributed by atoms with Crippen molar-refractivity contribution in [2.24, 2.45) is 5.73 Å². The molecule has 0 aliphatic rings. The standard InChI is InChI=1S/C20H19ClFN7O2S/c21-13-4-7-16(22)17(10-13)32(30,31)29-14-5-2-12(3-6-14)18-26-19(24-9-1-8-23)15-11-25-28-20(15)27-18/h2-7,10-11,29H,1,8-9,23H2,(H2,24,25,26,27,28). The molecule has 0 fully saturated rings. The molecular formula is C20H19ClFN7O2S. The van der Waals surface area contributed by atoms with Crippen LogP contribution in [0.2, 0.25) is 5.02 Å². The van der Waals surface area contributed by atoms with Crippen molar-refractivity contribution < 1.29 is 12.8 Å². The first-order valence-corrected chi connectivity index (χ1v) is 11.5. The zero-order chi connectivity index (χ0) is 22.7. The molecule has 2 aromatic heterocycles. The maximum Gasteiger partial charge on any atom is 0.264 e. The molecule has 0 bridgehead atoms. The number of nitrogens with one attached hydrogen (secondary N) is 3. The van der Waals surface area contributed by atoms with Gasteiger partial charge in [0, 0.05) is 22.8 Å². The minimum atomic E-state index is -4.16. The molecule has 0 atom stereocenters. The van der Waals surface area contributed by atoms with E-state index in [0.717, 1.165) is 23.9 Å². The number of anilines is 2. The number of halogens is 2. The Kier molecular flexibility index (Phi) is 6.21. The number of nitrogens with two attached hydrogens (primary N) is 1. The summed E-state index contributed by atoms with van der Waals surface area (Å²) in [6.07, 6.45) is 2.41. The normalized spacial score (nSPS) is 11.6. The molecule has 2 aromatic carbocycles. The van der Waals surface area contributed by atoms with Gasteiger partial charge in [-0.2, -0.15) is 5.10 Å². The summed E-state index contributed by atoms with van der Waals surface area (Å²) in [5.41, 5.74) is 7.01. The Hall–Kier alpha value is -3.28. The minimum absolute atomic E-state index is 0.115. The quantitative estimate of drug-likeness (QED) is 0.286. The van der Waals surface area contributed by atoms with Gasteiger partial charge in [-0.05, 0) is 55.4 Å². The lowest BCUT2D eigenvalue weighted by Crippen LogP contribution is -2.14. The molecule has 0 unspecified atom stereocenters. The van der Waals surface area contributed by atoms with Gasteiger partial charge in [-0.25, -0.2) is 22.8 Å². The number of aromatic nitrogens is 4. The number of benzene rings is 2. The summed E-state index contributed by atoms with van der Waals surface area (Å²) in [6.45, 7) is 1.20. The van der Waals surface area contributed by atoms with Gasteiger partial charge in [0.15, 0.2) is 11.5 Å². The molecule has 0 saturated carbocycles. The first-order chi connectivity index (χ1) is 15.4. The Morgan fingerprint density at radius 3 is 2.66 bits per heavy atom. The highest BCUT2D eigenvalue weighted by Crippen LogP contribution is 2.26. The van der Waals surface area contributed by atoms with Gasteiger partial charge in [0.1, 0.15) is 16.5 Å². The van der Waals surface area contributed by atoms with Crippen LogP contribution in [0.5, 0.6) is 0 Å². The molecule has 0 spiro atoms. The van der Waals surface area contributed by atoms with Crippen molar-refractivity contribution in [3.63, 3.8) is 0 Å². The molecule has 32 heavy (non-hydrogen) atoms. The third-order valence-corrected chi connectivity index (χ3v) is 6.19. The highest BCUT2D eigenvalue weighted by Gasteiger charge is 2.20. The number of nitrogens with zero attached hydrogens (tertiary/aromatic N) is 3. The van der Waals surface area contributed by atoms with Crippen LogP contribution in [0.3, 0.4) is 0 Å². The van der Waals surface area contributed by atoms with Gasteiger partial charge in [0.05, 0.1) is 11.6 Å². The summed E-state index contributed by atoms with van der Waals surface area (Å²) < 4.78 is 41.4. The number of fused-ring (bicyclic) bond motifs is 1. The summed E-state index contributed by atoms with van der Waals surface area (Å²) in [5.74, 6) is 0.148. The van der Waals surface area contributed by atoms with Gasteiger partial charge >= 0.3 is 0 Å². The van der Waals surface area contributed by atoms with Crippen molar-refractivity contribution in [1.29, 1.82) is 0 Å². The lowest BCUT2D eigenvalue weighted by Gasteiger charge is -2.11. The van der Waals surface area contributed by atoms with Crippen molar-refractivity contribution in [3.8, 4) is 11.4 Å². The van der Waals surface area contributed by atoms with Gasteiger partial charge in [0.2, 0.25) is 0 Å². The molecule has 5 N–H and O–H groups in total. The zero-order valence-electron chi connectivity index (χ0n) is 16.6. The molecule has 4 rings (SSSR count). The second-order valence-corrected chi connectivity index (χ2v) is 8.94. The van der Waals surface area contributed by atoms with Gasteiger partial charge in [-0.3, -0.25) is 9.82 Å². The predicted molar refractivity (Wildman–Crippen MR) is 121 cm³/mol. The van der Waals surface area contributed by atoms with Crippen LogP contribution in [0, 0.1) is 5.82 Å². The van der Waals surface area contributed by atoms with Gasteiger partial charge in [-0.15, -0.1) is 0 Å². The lowest BCUT2D eigenvalue weighted by molar-refractivity contribution is 0.570. The highest BCUT2D eigenvalue weighted by molar-refractivity contribution is 7.92. The van der Waals surface area contributed by atoms with Gasteiger partial charge in [0.25, 0.3) is 10.0 Å². The van der Waals surface area contributed by atoms with Crippen molar-refractivity contribution in [1.82, 2.24) is 20.2 Å². The fourth-order valence-corrected chi connectivity index (χ4v) is 4.39. The summed E-state index contributed by atoms with van der Waals surface area (Å²) in [6, 6.07) is 9.73. The van der Waals surface area contributed by atoms with E-state index >= 15 is 0 Å². The second-order valence-electron chi connectivity index (χ2n) is 6.85. The first-order valence-electron chi connectivity index (χ1n) is 9.61. The Morgan fingerprint density at radius 1 is 1.12 bits per heavy atom. The highest BCUT2D eigenvalue weighted by atomic mass is 35.5. The SMILES string of the molecule is NCCCNc1nc(-c2ccc(NS(=O)(=O)c3cc(Cl)ccc3F)cc2)nc2[nH]ncc12. The van der Waals surface area contributed by atoms with E-state index < -0.39 is 20.7 Å². The van der Waals surface area contributed by atoms with Crippen molar-refractivity contribution in [2.45, 2.75) is 11.3 Å². The second kappa shape index (κ2) is 9.07. The molecule has 9 nitrogen and oxygen atoms in total. The van der Waals surface area contributed by atoms with Crippen molar-refractivity contribution in [3.05, 3.63) is 59.5 Å². The average Bonchev–Trinajstić information content (AvgIpc) is 3.25. The van der Waals surface area contributed by atoms with E-state index in [1.165, 1.54) is 18.2 Å². The van der Waals surface area contributed by atoms with E-state index in [-0.39, 0.29) is 10.7 Å². The number of H-pyrrole nitrogens is 1. The van der Waals surface area contributed by atoms with Crippen LogP contribution in [0.1, 0.15) is 6.42 Å². The van der Waals surface area contributed by atoms with E-state index in [4.69, 9.17) is 17.3 Å². The maximum atomic E-state index is 14.0. The predicted octanol–water partition coefficient (Wildman–Crippen LogP) is 3.37. The van der Waals surface area contributed by atoms with Crippen molar-refractivity contribution in [2.75, 3.05) is 23.1 Å². The van der Waals surface area contributed by atoms with Crippen LogP contribution in [0.15, 0.2) is 53.6 Å². The molecule has 0 aliphatic carbocycles. The molecule has 4 aromatic rings. The van der Waals surface area contributed by atoms with E-state index in [2.05, 4.69) is 30.2 Å². The Bertz CT molecular complexity index is 1360. The van der Waals surface area contributed by atoms with Gasteiger partial charge < -0.3 is 11.1 Å². The number of aromatic amines is 1. The van der Waals surface area contributed by atoms with Crippen molar-refractivity contribution >= 4 is 44.2 Å². The number of rotatable bonds is 8. The third-order valence-electron chi connectivity index (χ3n) is 4.56. The fourth-order valence-electron chi connectivity index (χ4n) is 2.99. The zero-order valence-corrected chi connectivity index (χ0v) is 18.2. The molecular weight excluding hydrogens is 457 g/mol. The number of sulfonamides is 1. The van der Waals surface area contributed by atoms with E-state index in [9.17, 15) is 12.8 Å². The van der Waals surface area contributed by atoms with Crippen LogP contribution in [0.4, 0.5) is 15.9 Å². The lowest BCUT2D eigenvalue weighted by atomic mass is 10.2. The Morgan fingerprint density at radius 2 is 1.91 bits per heavy atom. The molecule has 0 radical (unpaired) electrons. The van der Waals surface area contributed by atoms with Crippen LogP contribution < -0.4 is 15.8 Å². The molecule has 12 heteroatoms. The fraction of sp³-hybridized carbons (Fsp3) is 0.150. The first kappa shape index (κ1) is 21.9. The summed E-state index contributed by atoms with van der Waals surface area (Å²) >= 11 is 5.81. The van der Waals surface area contributed by atoms with E-state index in [1.807, 2.05) is 0 Å². The number of hydrogen-bond donors (Lipinski definition) is 4. The Balaban J connectivity index is 1.60.